The van der Waals surface area contributed by atoms with E-state index in [1.807, 2.05) is 26.0 Å². The number of rotatable bonds is 4. The lowest BCUT2D eigenvalue weighted by Crippen LogP contribution is -1.94. The zero-order valence-electron chi connectivity index (χ0n) is 17.1. The van der Waals surface area contributed by atoms with Crippen molar-refractivity contribution in [3.05, 3.63) is 94.6 Å². The molecule has 1 aromatic rings. The van der Waals surface area contributed by atoms with E-state index in [0.717, 1.165) is 36.4 Å². The van der Waals surface area contributed by atoms with Gasteiger partial charge in [-0.05, 0) is 51.3 Å². The maximum absolute atomic E-state index is 13.4. The first-order valence-corrected chi connectivity index (χ1v) is 9.73. The second kappa shape index (κ2) is 12.9. The third-order valence-electron chi connectivity index (χ3n) is 3.82. The maximum atomic E-state index is 13.4. The maximum Gasteiger partial charge on any atom is 0.105 e. The van der Waals surface area contributed by atoms with Gasteiger partial charge in [-0.25, -0.2) is 4.39 Å². The Kier molecular flexibility index (Phi) is 11.7. The second-order valence-corrected chi connectivity index (χ2v) is 7.31. The number of terminal acetylenes is 1. The molecule has 0 aliphatic carbocycles. The van der Waals surface area contributed by atoms with Crippen LogP contribution in [0.4, 0.5) is 4.39 Å². The van der Waals surface area contributed by atoms with E-state index < -0.39 is 0 Å². The Morgan fingerprint density at radius 1 is 1.19 bits per heavy atom. The minimum atomic E-state index is -0.160. The van der Waals surface area contributed by atoms with Crippen LogP contribution in [-0.2, 0) is 6.42 Å². The highest BCUT2D eigenvalue weighted by molar-refractivity contribution is 7.47. The van der Waals surface area contributed by atoms with Crippen molar-refractivity contribution in [1.82, 2.24) is 0 Å². The van der Waals surface area contributed by atoms with Gasteiger partial charge in [0.2, 0.25) is 0 Å². The van der Waals surface area contributed by atoms with E-state index in [4.69, 9.17) is 0 Å². The largest absolute Gasteiger partial charge is 0.211 e. The fraction of sp³-hybridized carbons (Fsp3) is 0.240. The summed E-state index contributed by atoms with van der Waals surface area (Å²) in [5.74, 6) is -0.160. The number of hydrogen-bond donors (Lipinski definition) is 0. The molecule has 0 atom stereocenters. The van der Waals surface area contributed by atoms with Crippen LogP contribution in [0.15, 0.2) is 83.5 Å². The lowest BCUT2D eigenvalue weighted by Gasteiger charge is -2.00. The van der Waals surface area contributed by atoms with Crippen molar-refractivity contribution in [2.24, 2.45) is 0 Å². The van der Waals surface area contributed by atoms with Crippen LogP contribution in [0.5, 0.6) is 0 Å². The average molecular weight is 380 g/mol. The predicted octanol–water partition coefficient (Wildman–Crippen LogP) is 7.76. The Balaban J connectivity index is 0.000000519. The normalized spacial score (nSPS) is 14.1. The molecule has 0 fully saturated rings. The molecule has 1 aliphatic rings. The Hall–Kier alpha value is -2.42. The highest BCUT2D eigenvalue weighted by atomic mass is 31.1. The summed E-state index contributed by atoms with van der Waals surface area (Å²) in [5, 5.41) is 1.95. The summed E-state index contributed by atoms with van der Waals surface area (Å²) in [6.07, 6.45) is 14.8. The number of benzene rings is 1. The summed E-state index contributed by atoms with van der Waals surface area (Å²) in [5.41, 5.74) is 5.43. The van der Waals surface area contributed by atoms with Gasteiger partial charge in [0.05, 0.1) is 0 Å². The second-order valence-electron chi connectivity index (χ2n) is 6.07. The molecule has 0 unspecified atom stereocenters. The summed E-state index contributed by atoms with van der Waals surface area (Å²) in [6, 6.07) is 8.66. The van der Waals surface area contributed by atoms with Crippen molar-refractivity contribution in [3.8, 4) is 12.8 Å². The number of aryl methyl sites for hydroxylation is 2. The van der Waals surface area contributed by atoms with Crippen LogP contribution in [0.25, 0.3) is 0 Å². The summed E-state index contributed by atoms with van der Waals surface area (Å²) in [6.45, 7) is 17.5. The summed E-state index contributed by atoms with van der Waals surface area (Å²) in [4.78, 5) is 0. The monoisotopic (exact) mass is 380 g/mol. The van der Waals surface area contributed by atoms with Gasteiger partial charge in [-0.15, -0.1) is 12.8 Å². The van der Waals surface area contributed by atoms with Crippen LogP contribution < -0.4 is 0 Å². The average Bonchev–Trinajstić information content (AvgIpc) is 3.04. The summed E-state index contributed by atoms with van der Waals surface area (Å²) >= 11 is 0. The van der Waals surface area contributed by atoms with Crippen molar-refractivity contribution < 1.29 is 4.39 Å². The lowest BCUT2D eigenvalue weighted by atomic mass is 10.0. The molecule has 2 heteroatoms. The first kappa shape index (κ1) is 24.6. The van der Waals surface area contributed by atoms with Gasteiger partial charge >= 0.3 is 0 Å². The van der Waals surface area contributed by atoms with Crippen LogP contribution in [0.1, 0.15) is 38.8 Å². The van der Waals surface area contributed by atoms with Gasteiger partial charge < -0.3 is 0 Å². The van der Waals surface area contributed by atoms with Crippen molar-refractivity contribution >= 4 is 13.5 Å². The van der Waals surface area contributed by atoms with Crippen molar-refractivity contribution in [3.63, 3.8) is 0 Å². The van der Waals surface area contributed by atoms with Crippen LogP contribution in [-0.4, -0.2) is 5.29 Å². The van der Waals surface area contributed by atoms with E-state index in [0.29, 0.717) is 5.57 Å². The van der Waals surface area contributed by atoms with E-state index in [1.54, 1.807) is 6.08 Å². The molecule has 1 aliphatic heterocycles. The topological polar surface area (TPSA) is 0 Å². The van der Waals surface area contributed by atoms with Crippen LogP contribution >= 0.6 is 8.20 Å². The quantitative estimate of drug-likeness (QED) is 0.284. The molecule has 0 N–H and O–H groups in total. The number of halogens is 1. The summed E-state index contributed by atoms with van der Waals surface area (Å²) < 4.78 is 13.4. The van der Waals surface area contributed by atoms with E-state index in [2.05, 4.69) is 64.1 Å². The molecule has 0 radical (unpaired) electrons. The van der Waals surface area contributed by atoms with Gasteiger partial charge in [-0.3, -0.25) is 0 Å². The highest BCUT2D eigenvalue weighted by Crippen LogP contribution is 2.36. The SMILES string of the molecule is C#C.C=C(C)C1=CC(C(/C=C\C)=C(/C)F)=PC1=C.CCc1ccc(C)cc1. The lowest BCUT2D eigenvalue weighted by molar-refractivity contribution is 0.637. The Labute approximate surface area is 166 Å². The molecule has 0 bridgehead atoms. The van der Waals surface area contributed by atoms with Crippen LogP contribution in [0, 0.1) is 19.8 Å². The van der Waals surface area contributed by atoms with Gasteiger partial charge in [-0.1, -0.05) is 75.8 Å². The molecule has 1 aromatic carbocycles. The van der Waals surface area contributed by atoms with Crippen molar-refractivity contribution in [2.45, 2.75) is 41.0 Å². The minimum Gasteiger partial charge on any atom is -0.211 e. The number of allylic oxidation sites excluding steroid dienone is 8. The molecule has 0 saturated carbocycles. The third kappa shape index (κ3) is 8.21. The van der Waals surface area contributed by atoms with Gasteiger partial charge in [0.25, 0.3) is 0 Å². The van der Waals surface area contributed by atoms with Crippen molar-refractivity contribution in [1.29, 1.82) is 0 Å². The highest BCUT2D eigenvalue weighted by Gasteiger charge is 2.15. The molecule has 0 nitrogen and oxygen atoms in total. The van der Waals surface area contributed by atoms with E-state index in [1.165, 1.54) is 18.1 Å². The van der Waals surface area contributed by atoms with E-state index in [9.17, 15) is 4.39 Å². The summed E-state index contributed by atoms with van der Waals surface area (Å²) in [7, 11) is 0.974. The smallest absolute Gasteiger partial charge is 0.105 e. The molecular formula is C25H30FP. The number of hydrogen-bond acceptors (Lipinski definition) is 0. The van der Waals surface area contributed by atoms with Gasteiger partial charge in [0.1, 0.15) is 5.83 Å². The third-order valence-corrected chi connectivity index (χ3v) is 4.94. The zero-order chi connectivity index (χ0) is 21.0. The molecule has 2 rings (SSSR count). The molecular weight excluding hydrogens is 350 g/mol. The van der Waals surface area contributed by atoms with Gasteiger partial charge in [0.15, 0.2) is 0 Å². The van der Waals surface area contributed by atoms with Gasteiger partial charge in [0, 0.05) is 16.2 Å². The fourth-order valence-corrected chi connectivity index (χ4v) is 3.54. The molecule has 27 heavy (non-hydrogen) atoms. The minimum absolute atomic E-state index is 0.160. The molecule has 142 valence electrons. The van der Waals surface area contributed by atoms with E-state index >= 15 is 0 Å². The Bertz CT molecular complexity index is 792. The van der Waals surface area contributed by atoms with E-state index in [-0.39, 0.29) is 5.83 Å². The molecule has 0 amide bonds. The van der Waals surface area contributed by atoms with Crippen LogP contribution in [0.3, 0.4) is 0 Å². The first-order chi connectivity index (χ1) is 12.8. The first-order valence-electron chi connectivity index (χ1n) is 8.84. The molecule has 0 aromatic heterocycles. The Morgan fingerprint density at radius 2 is 1.74 bits per heavy atom. The molecule has 0 saturated heterocycles. The van der Waals surface area contributed by atoms with Gasteiger partial charge in [-0.2, -0.15) is 0 Å². The zero-order valence-corrected chi connectivity index (χ0v) is 18.0. The van der Waals surface area contributed by atoms with Crippen molar-refractivity contribution in [2.75, 3.05) is 0 Å². The Morgan fingerprint density at radius 3 is 2.11 bits per heavy atom. The standard InChI is InChI=1S/C14H16FP.C9H12.C2H2/c1-6-7-12(10(4)15)14-8-13(9(2)3)11(5)16-14;1-3-9-6-4-8(2)5-7-9;1-2/h6-8H,2,5H2,1,3-4H3;4-7H,3H2,1-2H3;1-2H/b7-6-,12-10-;;. The molecule has 0 spiro atoms. The predicted molar refractivity (Wildman–Crippen MR) is 123 cm³/mol. The molecule has 1 heterocycles. The van der Waals surface area contributed by atoms with Crippen LogP contribution in [0.2, 0.25) is 0 Å². The fourth-order valence-electron chi connectivity index (χ4n) is 2.33.